The lowest BCUT2D eigenvalue weighted by atomic mass is 10.1. The number of aryl methyl sites for hydroxylation is 1. The number of hydrogen-bond donors (Lipinski definition) is 1. The van der Waals surface area contributed by atoms with Gasteiger partial charge in [0.25, 0.3) is 0 Å². The highest BCUT2D eigenvalue weighted by Gasteiger charge is 2.10. The van der Waals surface area contributed by atoms with Gasteiger partial charge in [0.15, 0.2) is 5.78 Å². The molecule has 0 amide bonds. The van der Waals surface area contributed by atoms with Crippen molar-refractivity contribution >= 4 is 5.78 Å². The van der Waals surface area contributed by atoms with E-state index in [1.54, 1.807) is 19.2 Å². The van der Waals surface area contributed by atoms with E-state index in [1.165, 1.54) is 16.8 Å². The predicted octanol–water partition coefficient (Wildman–Crippen LogP) is 1.07. The number of carbonyl (C=O) groups excluding carboxylic acids is 1. The number of nitrogens with zero attached hydrogens (tertiary/aromatic N) is 3. The Morgan fingerprint density at radius 3 is 2.83 bits per heavy atom. The van der Waals surface area contributed by atoms with Crippen molar-refractivity contribution in [3.8, 4) is 0 Å². The highest BCUT2D eigenvalue weighted by atomic mass is 19.1. The van der Waals surface area contributed by atoms with Crippen LogP contribution in [0.5, 0.6) is 0 Å². The zero-order chi connectivity index (χ0) is 13.1. The van der Waals surface area contributed by atoms with Gasteiger partial charge in [0.2, 0.25) is 0 Å². The topological polar surface area (TPSA) is 73.8 Å². The maximum Gasteiger partial charge on any atom is 0.184 e. The fourth-order valence-electron chi connectivity index (χ4n) is 1.65. The summed E-state index contributed by atoms with van der Waals surface area (Å²) in [6.45, 7) is 2.03. The second kappa shape index (κ2) is 5.05. The van der Waals surface area contributed by atoms with Gasteiger partial charge >= 0.3 is 0 Å². The molecule has 0 atom stereocenters. The Bertz CT molecular complexity index is 559. The van der Waals surface area contributed by atoms with E-state index in [0.717, 1.165) is 0 Å². The second-order valence-corrected chi connectivity index (χ2v) is 4.05. The summed E-state index contributed by atoms with van der Waals surface area (Å²) < 4.78 is 14.6. The normalized spacial score (nSPS) is 10.6. The molecule has 18 heavy (non-hydrogen) atoms. The molecule has 5 nitrogen and oxygen atoms in total. The minimum Gasteiger partial charge on any atom is -0.325 e. The molecular formula is C12H13FN4O. The van der Waals surface area contributed by atoms with E-state index in [4.69, 9.17) is 5.73 Å². The Kier molecular flexibility index (Phi) is 3.47. The lowest BCUT2D eigenvalue weighted by Gasteiger charge is -2.02. The van der Waals surface area contributed by atoms with Crippen LogP contribution in [0.1, 0.15) is 21.6 Å². The number of halogens is 1. The first-order valence-corrected chi connectivity index (χ1v) is 5.48. The summed E-state index contributed by atoms with van der Waals surface area (Å²) in [4.78, 5) is 11.9. The van der Waals surface area contributed by atoms with Crippen molar-refractivity contribution in [1.82, 2.24) is 15.0 Å². The van der Waals surface area contributed by atoms with Crippen LogP contribution in [-0.2, 0) is 13.1 Å². The predicted molar refractivity (Wildman–Crippen MR) is 63.4 cm³/mol. The van der Waals surface area contributed by atoms with E-state index >= 15 is 0 Å². The third-order valence-electron chi connectivity index (χ3n) is 2.46. The van der Waals surface area contributed by atoms with Crippen LogP contribution in [0.15, 0.2) is 24.4 Å². The van der Waals surface area contributed by atoms with E-state index in [9.17, 15) is 9.18 Å². The molecule has 0 aliphatic carbocycles. The van der Waals surface area contributed by atoms with Crippen molar-refractivity contribution in [1.29, 1.82) is 0 Å². The van der Waals surface area contributed by atoms with Gasteiger partial charge in [0.05, 0.1) is 11.9 Å². The number of rotatable bonds is 4. The standard InChI is InChI=1S/C12H13FN4O/c1-8-2-9(4-10(13)3-8)12(18)7-17-6-11(5-14)15-16-17/h2-4,6H,5,7,14H2,1H3. The molecule has 94 valence electrons. The quantitative estimate of drug-likeness (QED) is 0.821. The lowest BCUT2D eigenvalue weighted by Crippen LogP contribution is -2.11. The number of carbonyl (C=O) groups is 1. The van der Waals surface area contributed by atoms with Crippen LogP contribution in [0.3, 0.4) is 0 Å². The maximum absolute atomic E-state index is 13.2. The molecule has 0 saturated carbocycles. The summed E-state index contributed by atoms with van der Waals surface area (Å²) in [5.74, 6) is -0.634. The fourth-order valence-corrected chi connectivity index (χ4v) is 1.65. The van der Waals surface area contributed by atoms with Gasteiger partial charge in [-0.25, -0.2) is 9.07 Å². The highest BCUT2D eigenvalue weighted by Crippen LogP contribution is 2.10. The zero-order valence-electron chi connectivity index (χ0n) is 9.93. The molecule has 0 unspecified atom stereocenters. The zero-order valence-corrected chi connectivity index (χ0v) is 9.93. The molecule has 2 N–H and O–H groups in total. The van der Waals surface area contributed by atoms with Crippen LogP contribution in [0.4, 0.5) is 4.39 Å². The van der Waals surface area contributed by atoms with Gasteiger partial charge in [-0.05, 0) is 30.7 Å². The first kappa shape index (κ1) is 12.4. The summed E-state index contributed by atoms with van der Waals surface area (Å²) in [6.07, 6.45) is 1.60. The van der Waals surface area contributed by atoms with Gasteiger partial charge in [-0.3, -0.25) is 4.79 Å². The first-order chi connectivity index (χ1) is 8.58. The molecule has 0 fully saturated rings. The van der Waals surface area contributed by atoms with Crippen molar-refractivity contribution < 1.29 is 9.18 Å². The van der Waals surface area contributed by atoms with Gasteiger partial charge in [-0.1, -0.05) is 5.21 Å². The van der Waals surface area contributed by atoms with Crippen molar-refractivity contribution in [2.45, 2.75) is 20.0 Å². The number of Topliss-reactive ketones (excluding diaryl/α,β-unsaturated/α-hetero) is 1. The Morgan fingerprint density at radius 1 is 1.44 bits per heavy atom. The molecule has 1 aromatic heterocycles. The van der Waals surface area contributed by atoms with Crippen molar-refractivity contribution in [3.63, 3.8) is 0 Å². The fraction of sp³-hybridized carbons (Fsp3) is 0.250. The molecule has 0 aliphatic heterocycles. The van der Waals surface area contributed by atoms with Gasteiger partial charge in [0.1, 0.15) is 12.4 Å². The van der Waals surface area contributed by atoms with Gasteiger partial charge in [0, 0.05) is 12.1 Å². The summed E-state index contributed by atoms with van der Waals surface area (Å²) >= 11 is 0. The smallest absolute Gasteiger partial charge is 0.184 e. The van der Waals surface area contributed by atoms with Crippen LogP contribution in [0.2, 0.25) is 0 Å². The average Bonchev–Trinajstić information content (AvgIpc) is 2.75. The molecule has 1 heterocycles. The number of ketones is 1. The number of aromatic nitrogens is 3. The summed E-state index contributed by atoms with van der Waals surface area (Å²) in [5.41, 5.74) is 7.04. The van der Waals surface area contributed by atoms with Crippen molar-refractivity contribution in [3.05, 3.63) is 47.0 Å². The molecule has 6 heteroatoms. The van der Waals surface area contributed by atoms with Crippen LogP contribution >= 0.6 is 0 Å². The molecule has 2 aromatic rings. The highest BCUT2D eigenvalue weighted by molar-refractivity contribution is 5.96. The van der Waals surface area contributed by atoms with E-state index < -0.39 is 5.82 Å². The summed E-state index contributed by atoms with van der Waals surface area (Å²) in [7, 11) is 0. The Morgan fingerprint density at radius 2 is 2.22 bits per heavy atom. The number of benzene rings is 1. The molecule has 0 radical (unpaired) electrons. The van der Waals surface area contributed by atoms with Crippen LogP contribution < -0.4 is 5.73 Å². The van der Waals surface area contributed by atoms with E-state index in [0.29, 0.717) is 16.8 Å². The van der Waals surface area contributed by atoms with Crippen LogP contribution in [-0.4, -0.2) is 20.8 Å². The summed E-state index contributed by atoms with van der Waals surface area (Å²) in [5, 5.41) is 7.55. The van der Waals surface area contributed by atoms with Gasteiger partial charge < -0.3 is 5.73 Å². The molecule has 0 saturated heterocycles. The molecule has 0 aliphatic rings. The third-order valence-corrected chi connectivity index (χ3v) is 2.46. The van der Waals surface area contributed by atoms with E-state index in [-0.39, 0.29) is 18.9 Å². The summed E-state index contributed by atoms with van der Waals surface area (Å²) in [6, 6.07) is 4.24. The SMILES string of the molecule is Cc1cc(F)cc(C(=O)Cn2cc(CN)nn2)c1. The lowest BCUT2D eigenvalue weighted by molar-refractivity contribution is 0.0966. The van der Waals surface area contributed by atoms with Crippen LogP contribution in [0.25, 0.3) is 0 Å². The average molecular weight is 248 g/mol. The Labute approximate surface area is 103 Å². The number of nitrogens with two attached hydrogens (primary N) is 1. The van der Waals surface area contributed by atoms with Crippen molar-refractivity contribution in [2.24, 2.45) is 5.73 Å². The first-order valence-electron chi connectivity index (χ1n) is 5.48. The Balaban J connectivity index is 2.16. The number of hydrogen-bond acceptors (Lipinski definition) is 4. The van der Waals surface area contributed by atoms with E-state index in [1.807, 2.05) is 0 Å². The largest absolute Gasteiger partial charge is 0.325 e. The maximum atomic E-state index is 13.2. The monoisotopic (exact) mass is 248 g/mol. The van der Waals surface area contributed by atoms with E-state index in [2.05, 4.69) is 10.3 Å². The minimum absolute atomic E-state index is 0.0237. The third kappa shape index (κ3) is 2.78. The van der Waals surface area contributed by atoms with Gasteiger partial charge in [-0.2, -0.15) is 0 Å². The molecular weight excluding hydrogens is 235 g/mol. The minimum atomic E-state index is -0.417. The molecule has 2 rings (SSSR count). The van der Waals surface area contributed by atoms with Crippen molar-refractivity contribution in [2.75, 3.05) is 0 Å². The molecule has 0 bridgehead atoms. The molecule has 0 spiro atoms. The molecule has 1 aromatic carbocycles. The van der Waals surface area contributed by atoms with Crippen LogP contribution in [0, 0.1) is 12.7 Å². The second-order valence-electron chi connectivity index (χ2n) is 4.05. The van der Waals surface area contributed by atoms with Gasteiger partial charge in [-0.15, -0.1) is 5.10 Å². The Hall–Kier alpha value is -2.08.